The van der Waals surface area contributed by atoms with E-state index in [4.69, 9.17) is 10.8 Å². The third-order valence-corrected chi connectivity index (χ3v) is 3.27. The Hall–Kier alpha value is -1.14. The Balaban J connectivity index is 3.96. The summed E-state index contributed by atoms with van der Waals surface area (Å²) in [6.45, 7) is 6.37. The molecule has 20 heavy (non-hydrogen) atoms. The molecule has 0 aliphatic heterocycles. The molecule has 2 atom stereocenters. The SMILES string of the molecule is CCCC(CCO)CNC(=O)CNC(=O)[C@@H](N)C(C)C. The molecule has 0 heterocycles. The molecule has 5 N–H and O–H groups in total. The summed E-state index contributed by atoms with van der Waals surface area (Å²) in [6, 6.07) is -0.593. The summed E-state index contributed by atoms with van der Waals surface area (Å²) < 4.78 is 0. The lowest BCUT2D eigenvalue weighted by Crippen LogP contribution is -2.47. The molecule has 0 aromatic carbocycles. The molecule has 118 valence electrons. The van der Waals surface area contributed by atoms with Gasteiger partial charge in [-0.25, -0.2) is 0 Å². The van der Waals surface area contributed by atoms with Crippen molar-refractivity contribution in [3.05, 3.63) is 0 Å². The first-order valence-electron chi connectivity index (χ1n) is 7.33. The molecule has 0 spiro atoms. The third-order valence-electron chi connectivity index (χ3n) is 3.27. The maximum Gasteiger partial charge on any atom is 0.239 e. The summed E-state index contributed by atoms with van der Waals surface area (Å²) in [5.41, 5.74) is 5.68. The average Bonchev–Trinajstić information content (AvgIpc) is 2.41. The monoisotopic (exact) mass is 287 g/mol. The van der Waals surface area contributed by atoms with Gasteiger partial charge in [0.05, 0.1) is 12.6 Å². The zero-order chi connectivity index (χ0) is 15.5. The zero-order valence-corrected chi connectivity index (χ0v) is 12.8. The van der Waals surface area contributed by atoms with Crippen LogP contribution in [0.1, 0.15) is 40.0 Å². The first-order chi connectivity index (χ1) is 9.42. The topological polar surface area (TPSA) is 104 Å². The lowest BCUT2D eigenvalue weighted by atomic mass is 10.0. The highest BCUT2D eigenvalue weighted by Gasteiger charge is 2.17. The number of aliphatic hydroxyl groups is 1. The zero-order valence-electron chi connectivity index (χ0n) is 12.8. The van der Waals surface area contributed by atoms with Gasteiger partial charge < -0.3 is 21.5 Å². The highest BCUT2D eigenvalue weighted by molar-refractivity contribution is 5.87. The van der Waals surface area contributed by atoms with Crippen molar-refractivity contribution < 1.29 is 14.7 Å². The van der Waals surface area contributed by atoms with E-state index in [9.17, 15) is 9.59 Å². The fourth-order valence-electron chi connectivity index (χ4n) is 1.85. The summed E-state index contributed by atoms with van der Waals surface area (Å²) >= 11 is 0. The molecule has 0 saturated carbocycles. The standard InChI is InChI=1S/C14H29N3O3/c1-4-5-11(6-7-18)8-16-12(19)9-17-14(20)13(15)10(2)3/h10-11,13,18H,4-9,15H2,1-3H3,(H,16,19)(H,17,20)/t11?,13-/m0/s1. The summed E-state index contributed by atoms with van der Waals surface area (Å²) in [4.78, 5) is 23.2. The second-order valence-electron chi connectivity index (χ2n) is 5.46. The average molecular weight is 287 g/mol. The van der Waals surface area contributed by atoms with Crippen LogP contribution in [0.2, 0.25) is 0 Å². The van der Waals surface area contributed by atoms with Gasteiger partial charge in [0.2, 0.25) is 11.8 Å². The Morgan fingerprint density at radius 3 is 2.35 bits per heavy atom. The Labute approximate surface area is 121 Å². The van der Waals surface area contributed by atoms with Crippen LogP contribution in [-0.2, 0) is 9.59 Å². The number of hydrogen-bond acceptors (Lipinski definition) is 4. The van der Waals surface area contributed by atoms with Crippen LogP contribution < -0.4 is 16.4 Å². The molecule has 0 aromatic heterocycles. The molecule has 0 radical (unpaired) electrons. The van der Waals surface area contributed by atoms with E-state index < -0.39 is 6.04 Å². The molecule has 2 amide bonds. The molecule has 0 aliphatic carbocycles. The van der Waals surface area contributed by atoms with Gasteiger partial charge in [-0.05, 0) is 24.7 Å². The summed E-state index contributed by atoms with van der Waals surface area (Å²) in [5.74, 6) is -0.219. The first-order valence-corrected chi connectivity index (χ1v) is 7.33. The van der Waals surface area contributed by atoms with E-state index in [0.717, 1.165) is 12.8 Å². The smallest absolute Gasteiger partial charge is 0.239 e. The number of hydrogen-bond donors (Lipinski definition) is 4. The molecule has 0 aromatic rings. The maximum absolute atomic E-state index is 11.6. The van der Waals surface area contributed by atoms with E-state index in [2.05, 4.69) is 17.6 Å². The van der Waals surface area contributed by atoms with Crippen molar-refractivity contribution in [1.29, 1.82) is 0 Å². The number of rotatable bonds is 10. The van der Waals surface area contributed by atoms with Crippen LogP contribution in [0, 0.1) is 11.8 Å². The Morgan fingerprint density at radius 2 is 1.85 bits per heavy atom. The van der Waals surface area contributed by atoms with Crippen molar-refractivity contribution in [2.24, 2.45) is 17.6 Å². The van der Waals surface area contributed by atoms with E-state index in [-0.39, 0.29) is 36.8 Å². The molecule has 0 fully saturated rings. The van der Waals surface area contributed by atoms with Crippen LogP contribution in [0.15, 0.2) is 0 Å². The van der Waals surface area contributed by atoms with Crippen molar-refractivity contribution in [1.82, 2.24) is 10.6 Å². The van der Waals surface area contributed by atoms with E-state index >= 15 is 0 Å². The Kier molecular flexibility index (Phi) is 10.0. The molecule has 0 rings (SSSR count). The summed E-state index contributed by atoms with van der Waals surface area (Å²) in [7, 11) is 0. The number of nitrogens with two attached hydrogens (primary N) is 1. The van der Waals surface area contributed by atoms with Crippen molar-refractivity contribution in [2.75, 3.05) is 19.7 Å². The van der Waals surface area contributed by atoms with E-state index in [1.165, 1.54) is 0 Å². The lowest BCUT2D eigenvalue weighted by Gasteiger charge is -2.17. The van der Waals surface area contributed by atoms with Crippen molar-refractivity contribution >= 4 is 11.8 Å². The molecule has 0 bridgehead atoms. The van der Waals surface area contributed by atoms with Crippen LogP contribution in [0.4, 0.5) is 0 Å². The fourth-order valence-corrected chi connectivity index (χ4v) is 1.85. The van der Waals surface area contributed by atoms with Crippen LogP contribution in [0.3, 0.4) is 0 Å². The number of amides is 2. The predicted octanol–water partition coefficient (Wildman–Crippen LogP) is 0.000800. The van der Waals surface area contributed by atoms with Crippen molar-refractivity contribution in [2.45, 2.75) is 46.1 Å². The summed E-state index contributed by atoms with van der Waals surface area (Å²) in [5, 5.41) is 14.2. The van der Waals surface area contributed by atoms with Gasteiger partial charge in [0, 0.05) is 13.2 Å². The highest BCUT2D eigenvalue weighted by Crippen LogP contribution is 2.09. The molecular formula is C14H29N3O3. The second-order valence-corrected chi connectivity index (χ2v) is 5.46. The second kappa shape index (κ2) is 10.6. The van der Waals surface area contributed by atoms with Gasteiger partial charge in [-0.15, -0.1) is 0 Å². The van der Waals surface area contributed by atoms with Crippen molar-refractivity contribution in [3.8, 4) is 0 Å². The molecule has 1 unspecified atom stereocenters. The Bertz CT molecular complexity index is 289. The highest BCUT2D eigenvalue weighted by atomic mass is 16.3. The van der Waals surface area contributed by atoms with Crippen LogP contribution >= 0.6 is 0 Å². The molecule has 6 nitrogen and oxygen atoms in total. The Morgan fingerprint density at radius 1 is 1.20 bits per heavy atom. The van der Waals surface area contributed by atoms with Gasteiger partial charge in [0.15, 0.2) is 0 Å². The molecular weight excluding hydrogens is 258 g/mol. The fraction of sp³-hybridized carbons (Fsp3) is 0.857. The maximum atomic E-state index is 11.6. The largest absolute Gasteiger partial charge is 0.396 e. The van der Waals surface area contributed by atoms with Crippen LogP contribution in [-0.4, -0.2) is 42.7 Å². The lowest BCUT2D eigenvalue weighted by molar-refractivity contribution is -0.127. The van der Waals surface area contributed by atoms with E-state index in [1.807, 2.05) is 13.8 Å². The van der Waals surface area contributed by atoms with Gasteiger partial charge in [-0.2, -0.15) is 0 Å². The van der Waals surface area contributed by atoms with Gasteiger partial charge in [-0.1, -0.05) is 27.2 Å². The third kappa shape index (κ3) is 8.12. The molecule has 0 aliphatic rings. The number of aliphatic hydroxyl groups excluding tert-OH is 1. The number of nitrogens with one attached hydrogen (secondary N) is 2. The number of carbonyl (C=O) groups excluding carboxylic acids is 2. The van der Waals surface area contributed by atoms with E-state index in [0.29, 0.717) is 13.0 Å². The van der Waals surface area contributed by atoms with E-state index in [1.54, 1.807) is 0 Å². The molecule has 6 heteroatoms. The minimum atomic E-state index is -0.593. The van der Waals surface area contributed by atoms with Crippen LogP contribution in [0.25, 0.3) is 0 Å². The minimum Gasteiger partial charge on any atom is -0.396 e. The van der Waals surface area contributed by atoms with Gasteiger partial charge in [-0.3, -0.25) is 9.59 Å². The quantitative estimate of drug-likeness (QED) is 0.454. The van der Waals surface area contributed by atoms with Gasteiger partial charge in [0.1, 0.15) is 0 Å². The minimum absolute atomic E-state index is 0.0385. The van der Waals surface area contributed by atoms with Gasteiger partial charge >= 0.3 is 0 Å². The normalized spacial score (nSPS) is 13.9. The summed E-state index contributed by atoms with van der Waals surface area (Å²) in [6.07, 6.45) is 2.66. The predicted molar refractivity (Wildman–Crippen MR) is 78.9 cm³/mol. The number of carbonyl (C=O) groups is 2. The van der Waals surface area contributed by atoms with Gasteiger partial charge in [0.25, 0.3) is 0 Å². The van der Waals surface area contributed by atoms with Crippen molar-refractivity contribution in [3.63, 3.8) is 0 Å². The molecule has 0 saturated heterocycles. The van der Waals surface area contributed by atoms with Crippen LogP contribution in [0.5, 0.6) is 0 Å². The first kappa shape index (κ1) is 18.9.